The Morgan fingerprint density at radius 1 is 1.18 bits per heavy atom. The molecule has 0 atom stereocenters. The maximum atomic E-state index is 12.8. The number of hydrogen-bond donors (Lipinski definition) is 3. The van der Waals surface area contributed by atoms with E-state index in [0.717, 1.165) is 41.9 Å². The number of amides is 1. The van der Waals surface area contributed by atoms with E-state index in [1.165, 1.54) is 11.1 Å². The number of phenols is 1. The summed E-state index contributed by atoms with van der Waals surface area (Å²) in [4.78, 5) is 17.2. The topological polar surface area (TPSA) is 74.2 Å². The normalized spacial score (nSPS) is 13.0. The van der Waals surface area contributed by atoms with Crippen LogP contribution in [0.1, 0.15) is 32.7 Å². The standard InChI is InChI=1S/C23H23N3O2/c1-15-22(21-9-10-24-12-19(21)13-25-15)14-26-23(28)18-4-2-3-17(11-18)16-5-7-20(27)8-6-16/h2-8,11,13,24,27H,9-10,12,14H2,1H3,(H,26,28). The van der Waals surface area contributed by atoms with Crippen LogP contribution in [0.15, 0.2) is 54.7 Å². The van der Waals surface area contributed by atoms with Crippen LogP contribution in [0, 0.1) is 6.92 Å². The largest absolute Gasteiger partial charge is 0.508 e. The molecule has 0 saturated heterocycles. The van der Waals surface area contributed by atoms with Crippen LogP contribution < -0.4 is 10.6 Å². The highest BCUT2D eigenvalue weighted by molar-refractivity contribution is 5.95. The van der Waals surface area contributed by atoms with Crippen LogP contribution in [0.5, 0.6) is 5.75 Å². The van der Waals surface area contributed by atoms with Gasteiger partial charge in [-0.25, -0.2) is 0 Å². The van der Waals surface area contributed by atoms with Gasteiger partial charge in [-0.2, -0.15) is 0 Å². The molecular formula is C23H23N3O2. The fraction of sp³-hybridized carbons (Fsp3) is 0.217. The highest BCUT2D eigenvalue weighted by atomic mass is 16.3. The van der Waals surface area contributed by atoms with Gasteiger partial charge in [0.25, 0.3) is 5.91 Å². The highest BCUT2D eigenvalue weighted by Gasteiger charge is 2.16. The lowest BCUT2D eigenvalue weighted by atomic mass is 9.96. The van der Waals surface area contributed by atoms with E-state index >= 15 is 0 Å². The number of fused-ring (bicyclic) bond motifs is 1. The van der Waals surface area contributed by atoms with Crippen molar-refractivity contribution in [3.8, 4) is 16.9 Å². The molecule has 0 aliphatic carbocycles. The minimum Gasteiger partial charge on any atom is -0.508 e. The second kappa shape index (κ2) is 7.82. The maximum Gasteiger partial charge on any atom is 0.251 e. The van der Waals surface area contributed by atoms with Crippen molar-refractivity contribution in [2.45, 2.75) is 26.4 Å². The minimum atomic E-state index is -0.105. The number of aryl methyl sites for hydroxylation is 1. The molecule has 28 heavy (non-hydrogen) atoms. The molecule has 0 bridgehead atoms. The molecule has 4 rings (SSSR count). The number of phenolic OH excluding ortho intramolecular Hbond substituents is 1. The molecule has 2 heterocycles. The Morgan fingerprint density at radius 2 is 2.00 bits per heavy atom. The molecule has 5 nitrogen and oxygen atoms in total. The van der Waals surface area contributed by atoms with Gasteiger partial charge in [-0.05, 0) is 72.0 Å². The molecule has 0 fully saturated rings. The molecule has 1 aliphatic rings. The van der Waals surface area contributed by atoms with Crippen molar-refractivity contribution in [3.05, 3.63) is 82.7 Å². The van der Waals surface area contributed by atoms with E-state index in [9.17, 15) is 9.90 Å². The molecule has 1 aliphatic heterocycles. The van der Waals surface area contributed by atoms with Crippen molar-refractivity contribution in [1.29, 1.82) is 0 Å². The van der Waals surface area contributed by atoms with E-state index in [4.69, 9.17) is 0 Å². The summed E-state index contributed by atoms with van der Waals surface area (Å²) in [6.45, 7) is 4.25. The van der Waals surface area contributed by atoms with Crippen molar-refractivity contribution in [2.24, 2.45) is 0 Å². The third-order valence-electron chi connectivity index (χ3n) is 5.22. The van der Waals surface area contributed by atoms with Crippen LogP contribution in [0.25, 0.3) is 11.1 Å². The lowest BCUT2D eigenvalue weighted by Gasteiger charge is -2.21. The number of benzene rings is 2. The SMILES string of the molecule is Cc1ncc2c(c1CNC(=O)c1cccc(-c3ccc(O)cc3)c1)CCNC2. The summed E-state index contributed by atoms with van der Waals surface area (Å²) < 4.78 is 0. The predicted octanol–water partition coefficient (Wildman–Crippen LogP) is 3.34. The van der Waals surface area contributed by atoms with Gasteiger partial charge in [-0.1, -0.05) is 24.3 Å². The van der Waals surface area contributed by atoms with Gasteiger partial charge < -0.3 is 15.7 Å². The number of pyridine rings is 1. The summed E-state index contributed by atoms with van der Waals surface area (Å²) >= 11 is 0. The zero-order chi connectivity index (χ0) is 19.5. The number of carbonyl (C=O) groups is 1. The first kappa shape index (κ1) is 18.2. The Balaban J connectivity index is 1.52. The van der Waals surface area contributed by atoms with E-state index in [-0.39, 0.29) is 11.7 Å². The molecule has 142 valence electrons. The Hall–Kier alpha value is -3.18. The number of aromatic hydroxyl groups is 1. The molecule has 0 saturated carbocycles. The van der Waals surface area contributed by atoms with Crippen LogP contribution >= 0.6 is 0 Å². The first-order valence-electron chi connectivity index (χ1n) is 9.46. The van der Waals surface area contributed by atoms with Crippen molar-refractivity contribution < 1.29 is 9.90 Å². The van der Waals surface area contributed by atoms with Gasteiger partial charge in [-0.15, -0.1) is 0 Å². The predicted molar refractivity (Wildman–Crippen MR) is 109 cm³/mol. The van der Waals surface area contributed by atoms with Crippen LogP contribution in [0.3, 0.4) is 0 Å². The summed E-state index contributed by atoms with van der Waals surface area (Å²) in [6, 6.07) is 14.5. The lowest BCUT2D eigenvalue weighted by Crippen LogP contribution is -2.28. The van der Waals surface area contributed by atoms with Crippen molar-refractivity contribution in [3.63, 3.8) is 0 Å². The number of nitrogens with one attached hydrogen (secondary N) is 2. The van der Waals surface area contributed by atoms with E-state index in [2.05, 4.69) is 15.6 Å². The maximum absolute atomic E-state index is 12.8. The quantitative estimate of drug-likeness (QED) is 0.656. The van der Waals surface area contributed by atoms with E-state index in [1.807, 2.05) is 49.5 Å². The average molecular weight is 373 g/mol. The summed E-state index contributed by atoms with van der Waals surface area (Å²) in [6.07, 6.45) is 2.89. The third-order valence-corrected chi connectivity index (χ3v) is 5.22. The second-order valence-electron chi connectivity index (χ2n) is 7.06. The lowest BCUT2D eigenvalue weighted by molar-refractivity contribution is 0.0950. The third kappa shape index (κ3) is 3.75. The number of aromatic nitrogens is 1. The minimum absolute atomic E-state index is 0.105. The smallest absolute Gasteiger partial charge is 0.251 e. The van der Waals surface area contributed by atoms with Crippen molar-refractivity contribution in [1.82, 2.24) is 15.6 Å². The summed E-state index contributed by atoms with van der Waals surface area (Å²) in [7, 11) is 0. The fourth-order valence-electron chi connectivity index (χ4n) is 3.64. The summed E-state index contributed by atoms with van der Waals surface area (Å²) in [5.41, 5.74) is 7.13. The van der Waals surface area contributed by atoms with E-state index in [0.29, 0.717) is 12.1 Å². The van der Waals surface area contributed by atoms with Crippen molar-refractivity contribution >= 4 is 5.91 Å². The van der Waals surface area contributed by atoms with E-state index in [1.54, 1.807) is 12.1 Å². The molecule has 0 unspecified atom stereocenters. The summed E-state index contributed by atoms with van der Waals surface area (Å²) in [5.74, 6) is 0.120. The highest BCUT2D eigenvalue weighted by Crippen LogP contribution is 2.23. The monoisotopic (exact) mass is 373 g/mol. The molecule has 1 aromatic heterocycles. The van der Waals surface area contributed by atoms with Gasteiger partial charge >= 0.3 is 0 Å². The Labute approximate surface area is 164 Å². The zero-order valence-corrected chi connectivity index (χ0v) is 15.8. The zero-order valence-electron chi connectivity index (χ0n) is 15.8. The number of nitrogens with zero attached hydrogens (tertiary/aromatic N) is 1. The molecule has 1 amide bonds. The Kier molecular flexibility index (Phi) is 5.08. The van der Waals surface area contributed by atoms with Crippen LogP contribution in [0.4, 0.5) is 0 Å². The first-order valence-corrected chi connectivity index (χ1v) is 9.46. The Morgan fingerprint density at radius 3 is 2.82 bits per heavy atom. The van der Waals surface area contributed by atoms with Gasteiger partial charge in [0.1, 0.15) is 5.75 Å². The first-order chi connectivity index (χ1) is 13.6. The average Bonchev–Trinajstić information content (AvgIpc) is 2.73. The Bertz CT molecular complexity index is 1010. The second-order valence-corrected chi connectivity index (χ2v) is 7.06. The molecule has 0 spiro atoms. The van der Waals surface area contributed by atoms with Crippen LogP contribution in [0.2, 0.25) is 0 Å². The molecule has 5 heteroatoms. The van der Waals surface area contributed by atoms with Crippen LogP contribution in [-0.2, 0) is 19.5 Å². The number of hydrogen-bond acceptors (Lipinski definition) is 4. The molecule has 3 N–H and O–H groups in total. The van der Waals surface area contributed by atoms with Gasteiger partial charge in [0.15, 0.2) is 0 Å². The molecule has 0 radical (unpaired) electrons. The van der Waals surface area contributed by atoms with Gasteiger partial charge in [0, 0.05) is 30.5 Å². The van der Waals surface area contributed by atoms with Gasteiger partial charge in [0.2, 0.25) is 0 Å². The molecule has 2 aromatic carbocycles. The number of carbonyl (C=O) groups excluding carboxylic acids is 1. The van der Waals surface area contributed by atoms with E-state index < -0.39 is 0 Å². The van der Waals surface area contributed by atoms with Gasteiger partial charge in [-0.3, -0.25) is 9.78 Å². The molecular weight excluding hydrogens is 350 g/mol. The van der Waals surface area contributed by atoms with Crippen LogP contribution in [-0.4, -0.2) is 22.5 Å². The van der Waals surface area contributed by atoms with Crippen molar-refractivity contribution in [2.75, 3.05) is 6.54 Å². The fourth-order valence-corrected chi connectivity index (χ4v) is 3.64. The van der Waals surface area contributed by atoms with Gasteiger partial charge in [0.05, 0.1) is 0 Å². The molecule has 3 aromatic rings. The number of rotatable bonds is 4. The summed E-state index contributed by atoms with van der Waals surface area (Å²) in [5, 5.41) is 15.9.